The molecule has 6 rings (SSSR count). The summed E-state index contributed by atoms with van der Waals surface area (Å²) in [5.74, 6) is -3.39. The van der Waals surface area contributed by atoms with Gasteiger partial charge in [-0.15, -0.1) is 6.58 Å². The molecule has 1 unspecified atom stereocenters. The lowest BCUT2D eigenvalue weighted by Crippen LogP contribution is -2.59. The summed E-state index contributed by atoms with van der Waals surface area (Å²) in [6.45, 7) is 5.50. The summed E-state index contributed by atoms with van der Waals surface area (Å²) in [5.41, 5.74) is -0.273. The quantitative estimate of drug-likeness (QED) is 0.237. The third-order valence-corrected chi connectivity index (χ3v) is 12.0. The lowest BCUT2D eigenvalue weighted by Gasteiger charge is -2.29. The van der Waals surface area contributed by atoms with Gasteiger partial charge in [-0.3, -0.25) is 19.3 Å². The SMILES string of the molecule is C=C[C@@H]1C[C@]1(N=C=O)C1NC(=O)[C@@H]2C[C@@H](OC(=O)N3Cc4cccc(F)c4C3)CN2C(=O)CCCN(C)CCCCNc2ccccc2S(=O)(=O)NC1=O. The average molecular weight is 766 g/mol. The molecular formula is C37H44FN7O8S. The first-order valence-corrected chi connectivity index (χ1v) is 19.5. The van der Waals surface area contributed by atoms with Crippen molar-refractivity contribution in [3.63, 3.8) is 0 Å². The second kappa shape index (κ2) is 16.1. The molecule has 0 radical (unpaired) electrons. The van der Waals surface area contributed by atoms with E-state index in [0.29, 0.717) is 37.1 Å². The Hall–Kier alpha value is -5.12. The number of carbonyl (C=O) groups excluding carboxylic acids is 5. The minimum atomic E-state index is -4.53. The minimum absolute atomic E-state index is 0.00231. The summed E-state index contributed by atoms with van der Waals surface area (Å²) >= 11 is 0. The number of anilines is 1. The van der Waals surface area contributed by atoms with Crippen LogP contribution < -0.4 is 15.4 Å². The van der Waals surface area contributed by atoms with Gasteiger partial charge in [0, 0.05) is 37.4 Å². The van der Waals surface area contributed by atoms with Gasteiger partial charge in [-0.2, -0.15) is 4.99 Å². The topological polar surface area (TPSA) is 187 Å². The van der Waals surface area contributed by atoms with Crippen LogP contribution in [-0.4, -0.2) is 110 Å². The molecule has 3 N–H and O–H groups in total. The van der Waals surface area contributed by atoms with Gasteiger partial charge in [0.1, 0.15) is 34.4 Å². The summed E-state index contributed by atoms with van der Waals surface area (Å²) < 4.78 is 49.7. The zero-order valence-corrected chi connectivity index (χ0v) is 30.8. The molecule has 0 bridgehead atoms. The monoisotopic (exact) mass is 765 g/mol. The van der Waals surface area contributed by atoms with Gasteiger partial charge in [-0.1, -0.05) is 30.3 Å². The lowest BCUT2D eigenvalue weighted by atomic mass is 10.0. The van der Waals surface area contributed by atoms with E-state index in [-0.39, 0.29) is 55.4 Å². The first kappa shape index (κ1) is 38.6. The molecule has 2 aromatic carbocycles. The van der Waals surface area contributed by atoms with Crippen LogP contribution in [-0.2, 0) is 47.0 Å². The Kier molecular flexibility index (Phi) is 11.5. The van der Waals surface area contributed by atoms with Crippen molar-refractivity contribution in [2.75, 3.05) is 38.5 Å². The molecule has 3 aliphatic heterocycles. The van der Waals surface area contributed by atoms with Crippen molar-refractivity contribution in [3.8, 4) is 0 Å². The number of halogens is 1. The van der Waals surface area contributed by atoms with Crippen LogP contribution in [0.1, 0.15) is 49.7 Å². The number of hydrogen-bond acceptors (Lipinski definition) is 11. The summed E-state index contributed by atoms with van der Waals surface area (Å²) in [4.78, 5) is 75.3. The van der Waals surface area contributed by atoms with E-state index in [0.717, 1.165) is 13.0 Å². The average Bonchev–Trinajstić information content (AvgIpc) is 3.42. The largest absolute Gasteiger partial charge is 0.444 e. The fourth-order valence-electron chi connectivity index (χ4n) is 7.56. The van der Waals surface area contributed by atoms with Gasteiger partial charge in [-0.25, -0.2) is 27.1 Å². The normalized spacial score (nSPS) is 27.9. The number of aliphatic imine (C=N–C) groups is 1. The molecule has 4 aliphatic rings. The molecule has 54 heavy (non-hydrogen) atoms. The van der Waals surface area contributed by atoms with Gasteiger partial charge in [-0.05, 0) is 69.6 Å². The first-order valence-electron chi connectivity index (χ1n) is 18.0. The number of amides is 4. The van der Waals surface area contributed by atoms with Crippen LogP contribution in [0, 0.1) is 11.7 Å². The Morgan fingerprint density at radius 2 is 1.85 bits per heavy atom. The van der Waals surface area contributed by atoms with E-state index in [1.165, 1.54) is 40.2 Å². The van der Waals surface area contributed by atoms with E-state index in [2.05, 4.69) is 31.8 Å². The number of rotatable bonds is 4. The zero-order chi connectivity index (χ0) is 38.6. The first-order chi connectivity index (χ1) is 25.9. The fourth-order valence-corrected chi connectivity index (χ4v) is 8.74. The highest BCUT2D eigenvalue weighted by atomic mass is 32.2. The van der Waals surface area contributed by atoms with Crippen molar-refractivity contribution in [2.45, 2.75) is 80.2 Å². The number of hydrogen-bond donors (Lipinski definition) is 3. The van der Waals surface area contributed by atoms with Gasteiger partial charge >= 0.3 is 6.09 Å². The van der Waals surface area contributed by atoms with Crippen molar-refractivity contribution >= 4 is 45.6 Å². The molecule has 5 atom stereocenters. The zero-order valence-electron chi connectivity index (χ0n) is 30.0. The van der Waals surface area contributed by atoms with E-state index in [1.807, 2.05) is 7.05 Å². The highest BCUT2D eigenvalue weighted by Crippen LogP contribution is 2.50. The fraction of sp³-hybridized carbons (Fsp3) is 0.486. The van der Waals surface area contributed by atoms with Crippen molar-refractivity contribution in [1.82, 2.24) is 24.7 Å². The highest BCUT2D eigenvalue weighted by Gasteiger charge is 2.62. The van der Waals surface area contributed by atoms with Crippen LogP contribution in [0.15, 0.2) is 65.0 Å². The lowest BCUT2D eigenvalue weighted by molar-refractivity contribution is -0.139. The molecule has 2 fully saturated rings. The molecular weight excluding hydrogens is 722 g/mol. The molecule has 288 valence electrons. The van der Waals surface area contributed by atoms with Gasteiger partial charge in [0.2, 0.25) is 17.9 Å². The number of nitrogens with zero attached hydrogens (tertiary/aromatic N) is 4. The maximum Gasteiger partial charge on any atom is 0.410 e. The van der Waals surface area contributed by atoms with Crippen LogP contribution in [0.25, 0.3) is 0 Å². The maximum atomic E-state index is 14.4. The van der Waals surface area contributed by atoms with Crippen molar-refractivity contribution in [1.29, 1.82) is 0 Å². The summed E-state index contributed by atoms with van der Waals surface area (Å²) in [5, 5.41) is 5.74. The highest BCUT2D eigenvalue weighted by molar-refractivity contribution is 7.90. The number of para-hydroxylation sites is 1. The van der Waals surface area contributed by atoms with Crippen LogP contribution in [0.3, 0.4) is 0 Å². The van der Waals surface area contributed by atoms with E-state index >= 15 is 0 Å². The molecule has 4 amide bonds. The number of benzene rings is 2. The standard InChI is InChI=1S/C37H44FN7O8S/c1-3-25-19-37(25,40-23-46)33-35(49)42-54(51,52)31-13-5-4-12-29(31)39-15-6-7-16-43(2)17-9-14-32(47)45-21-26(18-30(45)34(48)41-33)53-36(50)44-20-24-10-8-11-28(38)27(24)22-44/h3-5,8,10-13,25-26,30,33,39H,1,6-7,9,14-22H2,2H3,(H,41,48)(H,42,49)/t25-,26-,30+,33?,37-/m1/s1. The van der Waals surface area contributed by atoms with Crippen molar-refractivity contribution < 1.29 is 41.5 Å². The second-order valence-corrected chi connectivity index (χ2v) is 15.9. The van der Waals surface area contributed by atoms with Gasteiger partial charge in [0.15, 0.2) is 0 Å². The Labute approximate surface area is 313 Å². The van der Waals surface area contributed by atoms with Crippen LogP contribution in [0.4, 0.5) is 14.9 Å². The number of fused-ring (bicyclic) bond motifs is 3. The molecule has 1 aliphatic carbocycles. The molecule has 0 spiro atoms. The van der Waals surface area contributed by atoms with Gasteiger partial charge in [0.05, 0.1) is 18.8 Å². The summed E-state index contributed by atoms with van der Waals surface area (Å²) in [6, 6.07) is 7.76. The number of ether oxygens (including phenoxy) is 1. The molecule has 2 aromatic rings. The van der Waals surface area contributed by atoms with Crippen LogP contribution >= 0.6 is 0 Å². The number of carbonyl (C=O) groups is 4. The van der Waals surface area contributed by atoms with E-state index in [4.69, 9.17) is 4.74 Å². The predicted molar refractivity (Wildman–Crippen MR) is 193 cm³/mol. The number of isocyanates is 1. The Morgan fingerprint density at radius 1 is 1.07 bits per heavy atom. The van der Waals surface area contributed by atoms with Crippen LogP contribution in [0.2, 0.25) is 0 Å². The Balaban J connectivity index is 1.28. The van der Waals surface area contributed by atoms with Crippen LogP contribution in [0.5, 0.6) is 0 Å². The smallest absolute Gasteiger partial charge is 0.410 e. The van der Waals surface area contributed by atoms with Crippen molar-refractivity contribution in [2.24, 2.45) is 10.9 Å². The van der Waals surface area contributed by atoms with E-state index < -0.39 is 63.4 Å². The Bertz CT molecular complexity index is 1970. The minimum Gasteiger partial charge on any atom is -0.444 e. The molecule has 1 saturated heterocycles. The summed E-state index contributed by atoms with van der Waals surface area (Å²) in [7, 11) is -2.59. The predicted octanol–water partition coefficient (Wildman–Crippen LogP) is 2.44. The third-order valence-electron chi connectivity index (χ3n) is 10.6. The van der Waals surface area contributed by atoms with E-state index in [9.17, 15) is 36.8 Å². The number of sulfonamides is 1. The molecule has 3 heterocycles. The van der Waals surface area contributed by atoms with Gasteiger partial charge < -0.3 is 25.2 Å². The Morgan fingerprint density at radius 3 is 2.59 bits per heavy atom. The van der Waals surface area contributed by atoms with E-state index in [1.54, 1.807) is 24.3 Å². The molecule has 1 saturated carbocycles. The second-order valence-electron chi connectivity index (χ2n) is 14.2. The molecule has 15 nitrogen and oxygen atoms in total. The van der Waals surface area contributed by atoms with Crippen molar-refractivity contribution in [3.05, 3.63) is 72.1 Å². The molecule has 0 aromatic heterocycles. The number of nitrogens with one attached hydrogen (secondary N) is 3. The summed E-state index contributed by atoms with van der Waals surface area (Å²) in [6.07, 6.45) is 3.22. The van der Waals surface area contributed by atoms with Gasteiger partial charge in [0.25, 0.3) is 15.9 Å². The third kappa shape index (κ3) is 8.17. The molecule has 17 heteroatoms. The maximum absolute atomic E-state index is 14.4.